The molecule has 1 heterocycles. The molecule has 2 rings (SSSR count). The summed E-state index contributed by atoms with van der Waals surface area (Å²) in [5, 5.41) is 12.8. The summed E-state index contributed by atoms with van der Waals surface area (Å²) >= 11 is 5.78. The number of nitroso groups, excluding NO2 is 1. The number of aliphatic hydroxyl groups excluding tert-OH is 1. The standard InChI is InChI=1S/C10H10ClNO4/c11-6-1-2-7(12-14)9(3-6)16-10-5-15-4-8(10)13/h1-3,8,10,13H,4-5H2/t8-,10?/m1/s1. The molecule has 0 amide bonds. The van der Waals surface area contributed by atoms with Crippen LogP contribution in [0, 0.1) is 4.91 Å². The lowest BCUT2D eigenvalue weighted by molar-refractivity contribution is 0.0737. The molecule has 2 atom stereocenters. The van der Waals surface area contributed by atoms with Crippen LogP contribution in [0.25, 0.3) is 0 Å². The fourth-order valence-electron chi connectivity index (χ4n) is 1.46. The average Bonchev–Trinajstić information content (AvgIpc) is 2.65. The van der Waals surface area contributed by atoms with Gasteiger partial charge in [0.1, 0.15) is 11.8 Å². The minimum atomic E-state index is -0.696. The molecule has 1 N–H and O–H groups in total. The second kappa shape index (κ2) is 4.78. The highest BCUT2D eigenvalue weighted by Gasteiger charge is 2.28. The molecule has 1 aliphatic heterocycles. The Morgan fingerprint density at radius 1 is 1.50 bits per heavy atom. The molecule has 0 aromatic heterocycles. The Labute approximate surface area is 96.9 Å². The van der Waals surface area contributed by atoms with Crippen molar-refractivity contribution in [3.63, 3.8) is 0 Å². The van der Waals surface area contributed by atoms with Crippen LogP contribution in [0.4, 0.5) is 5.69 Å². The summed E-state index contributed by atoms with van der Waals surface area (Å²) in [5.74, 6) is 0.261. The van der Waals surface area contributed by atoms with Crippen LogP contribution in [-0.4, -0.2) is 30.5 Å². The van der Waals surface area contributed by atoms with Gasteiger partial charge in [-0.25, -0.2) is 0 Å². The van der Waals surface area contributed by atoms with E-state index in [4.69, 9.17) is 21.1 Å². The third-order valence-electron chi connectivity index (χ3n) is 2.30. The molecular formula is C10H10ClNO4. The Balaban J connectivity index is 2.19. The molecule has 0 radical (unpaired) electrons. The van der Waals surface area contributed by atoms with Gasteiger partial charge in [0.05, 0.1) is 13.2 Å². The number of ether oxygens (including phenoxy) is 2. The SMILES string of the molecule is O=Nc1ccc(Cl)cc1OC1COC[C@H]1O. The molecule has 0 bridgehead atoms. The topological polar surface area (TPSA) is 68.1 Å². The first-order valence-electron chi connectivity index (χ1n) is 4.76. The number of hydrogen-bond donors (Lipinski definition) is 1. The number of hydrogen-bond acceptors (Lipinski definition) is 5. The predicted molar refractivity (Wildman–Crippen MR) is 58.1 cm³/mol. The van der Waals surface area contributed by atoms with E-state index in [-0.39, 0.29) is 24.7 Å². The first kappa shape index (κ1) is 11.3. The molecular weight excluding hydrogens is 234 g/mol. The lowest BCUT2D eigenvalue weighted by atomic mass is 10.2. The van der Waals surface area contributed by atoms with Crippen LogP contribution in [0.15, 0.2) is 23.4 Å². The fraction of sp³-hybridized carbons (Fsp3) is 0.400. The average molecular weight is 244 g/mol. The Morgan fingerprint density at radius 2 is 2.31 bits per heavy atom. The van der Waals surface area contributed by atoms with Gasteiger partial charge in [0, 0.05) is 11.1 Å². The zero-order valence-corrected chi connectivity index (χ0v) is 9.05. The van der Waals surface area contributed by atoms with Crippen molar-refractivity contribution in [2.75, 3.05) is 13.2 Å². The van der Waals surface area contributed by atoms with E-state index in [0.717, 1.165) is 0 Å². The quantitative estimate of drug-likeness (QED) is 0.823. The maximum Gasteiger partial charge on any atom is 0.150 e. The van der Waals surface area contributed by atoms with E-state index >= 15 is 0 Å². The minimum absolute atomic E-state index is 0.156. The molecule has 86 valence electrons. The van der Waals surface area contributed by atoms with Gasteiger partial charge >= 0.3 is 0 Å². The first-order valence-corrected chi connectivity index (χ1v) is 5.14. The van der Waals surface area contributed by atoms with E-state index in [1.54, 1.807) is 6.07 Å². The van der Waals surface area contributed by atoms with Gasteiger partial charge in [-0.15, -0.1) is 4.91 Å². The molecule has 5 nitrogen and oxygen atoms in total. The summed E-state index contributed by atoms with van der Waals surface area (Å²) in [4.78, 5) is 10.5. The number of rotatable bonds is 3. The minimum Gasteiger partial charge on any atom is -0.483 e. The molecule has 6 heteroatoms. The van der Waals surface area contributed by atoms with Crippen LogP contribution in [0.2, 0.25) is 5.02 Å². The number of benzene rings is 1. The van der Waals surface area contributed by atoms with E-state index in [1.807, 2.05) is 0 Å². The Kier molecular flexibility index (Phi) is 3.38. The van der Waals surface area contributed by atoms with Crippen LogP contribution in [0.1, 0.15) is 0 Å². The van der Waals surface area contributed by atoms with Gasteiger partial charge in [0.15, 0.2) is 11.9 Å². The van der Waals surface area contributed by atoms with Crippen molar-refractivity contribution in [1.82, 2.24) is 0 Å². The zero-order chi connectivity index (χ0) is 11.5. The van der Waals surface area contributed by atoms with Crippen molar-refractivity contribution in [1.29, 1.82) is 0 Å². The zero-order valence-electron chi connectivity index (χ0n) is 8.30. The largest absolute Gasteiger partial charge is 0.483 e. The third-order valence-corrected chi connectivity index (χ3v) is 2.53. The Morgan fingerprint density at radius 3 is 2.94 bits per heavy atom. The number of halogens is 1. The van der Waals surface area contributed by atoms with Gasteiger partial charge in [-0.05, 0) is 17.3 Å². The summed E-state index contributed by atoms with van der Waals surface area (Å²) in [7, 11) is 0. The van der Waals surface area contributed by atoms with Crippen LogP contribution < -0.4 is 4.74 Å². The molecule has 1 aliphatic rings. The summed E-state index contributed by atoms with van der Waals surface area (Å²) in [5.41, 5.74) is 0.156. The summed E-state index contributed by atoms with van der Waals surface area (Å²) in [6.45, 7) is 0.515. The summed E-state index contributed by atoms with van der Waals surface area (Å²) in [6, 6.07) is 4.50. The number of aliphatic hydroxyl groups is 1. The van der Waals surface area contributed by atoms with E-state index < -0.39 is 12.2 Å². The molecule has 1 saturated heterocycles. The highest BCUT2D eigenvalue weighted by Crippen LogP contribution is 2.32. The van der Waals surface area contributed by atoms with Gasteiger partial charge in [-0.2, -0.15) is 0 Å². The van der Waals surface area contributed by atoms with E-state index in [2.05, 4.69) is 5.18 Å². The molecule has 0 spiro atoms. The van der Waals surface area contributed by atoms with Gasteiger partial charge in [0.2, 0.25) is 0 Å². The highest BCUT2D eigenvalue weighted by molar-refractivity contribution is 6.30. The van der Waals surface area contributed by atoms with Crippen molar-refractivity contribution in [3.05, 3.63) is 28.1 Å². The predicted octanol–water partition coefficient (Wildman–Crippen LogP) is 1.88. The second-order valence-corrected chi connectivity index (χ2v) is 3.90. The Hall–Kier alpha value is -1.17. The molecule has 1 aromatic carbocycles. The van der Waals surface area contributed by atoms with Crippen molar-refractivity contribution >= 4 is 17.3 Å². The van der Waals surface area contributed by atoms with Crippen LogP contribution in [-0.2, 0) is 4.74 Å². The van der Waals surface area contributed by atoms with Gasteiger partial charge in [0.25, 0.3) is 0 Å². The molecule has 1 fully saturated rings. The normalized spacial score (nSPS) is 24.4. The van der Waals surface area contributed by atoms with Crippen molar-refractivity contribution < 1.29 is 14.6 Å². The van der Waals surface area contributed by atoms with Gasteiger partial charge in [-0.1, -0.05) is 11.6 Å². The van der Waals surface area contributed by atoms with Crippen LogP contribution >= 0.6 is 11.6 Å². The smallest absolute Gasteiger partial charge is 0.150 e. The van der Waals surface area contributed by atoms with Gasteiger partial charge in [-0.3, -0.25) is 0 Å². The second-order valence-electron chi connectivity index (χ2n) is 3.46. The Bertz CT molecular complexity index is 398. The van der Waals surface area contributed by atoms with E-state index in [0.29, 0.717) is 5.02 Å². The fourth-order valence-corrected chi connectivity index (χ4v) is 1.62. The third kappa shape index (κ3) is 2.32. The maximum absolute atomic E-state index is 10.5. The number of nitrogens with zero attached hydrogens (tertiary/aromatic N) is 1. The van der Waals surface area contributed by atoms with Crippen molar-refractivity contribution in [3.8, 4) is 5.75 Å². The van der Waals surface area contributed by atoms with Crippen LogP contribution in [0.5, 0.6) is 5.75 Å². The van der Waals surface area contributed by atoms with E-state index in [1.165, 1.54) is 12.1 Å². The highest BCUT2D eigenvalue weighted by atomic mass is 35.5. The van der Waals surface area contributed by atoms with E-state index in [9.17, 15) is 10.0 Å². The molecule has 1 unspecified atom stereocenters. The summed E-state index contributed by atoms with van der Waals surface area (Å²) in [6.07, 6.45) is -1.18. The lowest BCUT2D eigenvalue weighted by Crippen LogP contribution is -2.29. The van der Waals surface area contributed by atoms with Crippen molar-refractivity contribution in [2.24, 2.45) is 5.18 Å². The molecule has 0 aliphatic carbocycles. The summed E-state index contributed by atoms with van der Waals surface area (Å²) < 4.78 is 10.5. The van der Waals surface area contributed by atoms with Gasteiger partial charge < -0.3 is 14.6 Å². The maximum atomic E-state index is 10.5. The first-order chi connectivity index (χ1) is 7.70. The molecule has 1 aromatic rings. The molecule has 0 saturated carbocycles. The molecule has 16 heavy (non-hydrogen) atoms. The van der Waals surface area contributed by atoms with Crippen LogP contribution in [0.3, 0.4) is 0 Å². The van der Waals surface area contributed by atoms with Crippen molar-refractivity contribution in [2.45, 2.75) is 12.2 Å². The lowest BCUT2D eigenvalue weighted by Gasteiger charge is -2.16. The monoisotopic (exact) mass is 243 g/mol.